The molecule has 0 aromatic heterocycles. The molecule has 7 heteroatoms. The molecule has 0 amide bonds. The van der Waals surface area contributed by atoms with Crippen LogP contribution in [0, 0.1) is 0 Å². The number of nitrogens with zero attached hydrogens (tertiary/aromatic N) is 1. The Balaban J connectivity index is 1.73. The van der Waals surface area contributed by atoms with Crippen LogP contribution in [0.4, 0.5) is 5.69 Å². The molecule has 0 atom stereocenters. The van der Waals surface area contributed by atoms with Crippen molar-refractivity contribution in [2.24, 2.45) is 0 Å². The fourth-order valence-electron chi connectivity index (χ4n) is 2.07. The summed E-state index contributed by atoms with van der Waals surface area (Å²) < 4.78 is 10.5. The highest BCUT2D eigenvalue weighted by molar-refractivity contribution is 7.80. The lowest BCUT2D eigenvalue weighted by Gasteiger charge is -2.26. The molecule has 116 valence electrons. The van der Waals surface area contributed by atoms with Gasteiger partial charge in [0, 0.05) is 37.9 Å². The minimum atomic E-state index is 0.578. The standard InChI is InChI=1S/C14H20ClN3O2S/c1-19-13-10-11(2-3-12(13)15)17-14(21)16-4-5-18-6-8-20-9-7-18/h2-3,10H,4-9H2,1H3,(H2,16,17,21). The first-order valence-corrected chi connectivity index (χ1v) is 7.66. The van der Waals surface area contributed by atoms with E-state index in [1.807, 2.05) is 12.1 Å². The van der Waals surface area contributed by atoms with Crippen LogP contribution in [0.25, 0.3) is 0 Å². The molecule has 0 aliphatic carbocycles. The van der Waals surface area contributed by atoms with E-state index in [9.17, 15) is 0 Å². The van der Waals surface area contributed by atoms with E-state index in [1.165, 1.54) is 0 Å². The molecule has 1 aromatic carbocycles. The summed E-state index contributed by atoms with van der Waals surface area (Å²) in [6.45, 7) is 5.35. The molecule has 1 aliphatic rings. The van der Waals surface area contributed by atoms with Gasteiger partial charge in [-0.1, -0.05) is 11.6 Å². The predicted octanol–water partition coefficient (Wildman–Crippen LogP) is 1.97. The molecule has 1 heterocycles. The lowest BCUT2D eigenvalue weighted by Crippen LogP contribution is -2.42. The average Bonchev–Trinajstić information content (AvgIpc) is 2.50. The van der Waals surface area contributed by atoms with Crippen molar-refractivity contribution in [2.75, 3.05) is 51.8 Å². The number of benzene rings is 1. The first kappa shape index (κ1) is 16.3. The maximum Gasteiger partial charge on any atom is 0.170 e. The maximum absolute atomic E-state index is 5.99. The third-order valence-electron chi connectivity index (χ3n) is 3.23. The summed E-state index contributed by atoms with van der Waals surface area (Å²) in [6.07, 6.45) is 0. The predicted molar refractivity (Wildman–Crippen MR) is 89.5 cm³/mol. The zero-order valence-electron chi connectivity index (χ0n) is 12.0. The number of anilines is 1. The first-order valence-electron chi connectivity index (χ1n) is 6.87. The van der Waals surface area contributed by atoms with E-state index in [-0.39, 0.29) is 0 Å². The third-order valence-corrected chi connectivity index (χ3v) is 3.78. The van der Waals surface area contributed by atoms with Crippen LogP contribution >= 0.6 is 23.8 Å². The zero-order chi connectivity index (χ0) is 15.1. The SMILES string of the molecule is COc1cc(NC(=S)NCCN2CCOCC2)ccc1Cl. The Morgan fingerprint density at radius 3 is 2.90 bits per heavy atom. The Morgan fingerprint density at radius 1 is 1.43 bits per heavy atom. The number of halogens is 1. The summed E-state index contributed by atoms with van der Waals surface area (Å²) in [5.74, 6) is 0.623. The Morgan fingerprint density at radius 2 is 2.19 bits per heavy atom. The molecule has 0 bridgehead atoms. The zero-order valence-corrected chi connectivity index (χ0v) is 13.6. The van der Waals surface area contributed by atoms with Gasteiger partial charge in [0.25, 0.3) is 0 Å². The minimum absolute atomic E-state index is 0.578. The van der Waals surface area contributed by atoms with Gasteiger partial charge in [0.1, 0.15) is 5.75 Å². The minimum Gasteiger partial charge on any atom is -0.495 e. The van der Waals surface area contributed by atoms with Crippen molar-refractivity contribution in [3.8, 4) is 5.75 Å². The Hall–Kier alpha value is -1.08. The van der Waals surface area contributed by atoms with E-state index in [1.54, 1.807) is 13.2 Å². The monoisotopic (exact) mass is 329 g/mol. The molecular weight excluding hydrogens is 310 g/mol. The molecule has 1 fully saturated rings. The molecule has 0 saturated carbocycles. The van der Waals surface area contributed by atoms with Gasteiger partial charge >= 0.3 is 0 Å². The Labute approximate surface area is 135 Å². The van der Waals surface area contributed by atoms with Crippen LogP contribution in [-0.2, 0) is 4.74 Å². The molecule has 21 heavy (non-hydrogen) atoms. The molecule has 5 nitrogen and oxygen atoms in total. The molecule has 2 rings (SSSR count). The fourth-order valence-corrected chi connectivity index (χ4v) is 2.48. The lowest BCUT2D eigenvalue weighted by atomic mass is 10.3. The van der Waals surface area contributed by atoms with Crippen molar-refractivity contribution in [3.63, 3.8) is 0 Å². The normalized spacial score (nSPS) is 15.5. The van der Waals surface area contributed by atoms with Crippen molar-refractivity contribution in [1.82, 2.24) is 10.2 Å². The van der Waals surface area contributed by atoms with Crippen LogP contribution < -0.4 is 15.4 Å². The van der Waals surface area contributed by atoms with Crippen molar-refractivity contribution >= 4 is 34.6 Å². The van der Waals surface area contributed by atoms with Crippen molar-refractivity contribution in [2.45, 2.75) is 0 Å². The maximum atomic E-state index is 5.99. The summed E-state index contributed by atoms with van der Waals surface area (Å²) in [5, 5.41) is 7.48. The van der Waals surface area contributed by atoms with Crippen LogP contribution in [0.15, 0.2) is 18.2 Å². The van der Waals surface area contributed by atoms with Gasteiger partial charge in [0.05, 0.1) is 25.3 Å². The van der Waals surface area contributed by atoms with Gasteiger partial charge in [0.15, 0.2) is 5.11 Å². The van der Waals surface area contributed by atoms with Gasteiger partial charge in [-0.25, -0.2) is 0 Å². The number of nitrogens with one attached hydrogen (secondary N) is 2. The largest absolute Gasteiger partial charge is 0.495 e. The number of morpholine rings is 1. The first-order chi connectivity index (χ1) is 10.2. The van der Waals surface area contributed by atoms with Crippen molar-refractivity contribution in [1.29, 1.82) is 0 Å². The summed E-state index contributed by atoms with van der Waals surface area (Å²) >= 11 is 11.3. The van der Waals surface area contributed by atoms with Crippen LogP contribution in [0.2, 0.25) is 5.02 Å². The van der Waals surface area contributed by atoms with Gasteiger partial charge in [0.2, 0.25) is 0 Å². The highest BCUT2D eigenvalue weighted by Gasteiger charge is 2.09. The summed E-state index contributed by atoms with van der Waals surface area (Å²) in [7, 11) is 1.59. The number of methoxy groups -OCH3 is 1. The van der Waals surface area contributed by atoms with Crippen molar-refractivity contribution < 1.29 is 9.47 Å². The van der Waals surface area contributed by atoms with Crippen molar-refractivity contribution in [3.05, 3.63) is 23.2 Å². The van der Waals surface area contributed by atoms with Gasteiger partial charge in [-0.3, -0.25) is 4.90 Å². The molecule has 0 radical (unpaired) electrons. The quantitative estimate of drug-likeness (QED) is 0.805. The van der Waals surface area contributed by atoms with E-state index in [2.05, 4.69) is 15.5 Å². The molecule has 0 unspecified atom stereocenters. The molecule has 2 N–H and O–H groups in total. The Kier molecular flexibility index (Phi) is 6.50. The summed E-state index contributed by atoms with van der Waals surface area (Å²) in [5.41, 5.74) is 0.847. The second-order valence-electron chi connectivity index (χ2n) is 4.68. The molecule has 1 saturated heterocycles. The summed E-state index contributed by atoms with van der Waals surface area (Å²) in [4.78, 5) is 2.35. The number of hydrogen-bond donors (Lipinski definition) is 2. The topological polar surface area (TPSA) is 45.8 Å². The smallest absolute Gasteiger partial charge is 0.170 e. The number of thiocarbonyl (C=S) groups is 1. The lowest BCUT2D eigenvalue weighted by molar-refractivity contribution is 0.0389. The van der Waals surface area contributed by atoms with Crippen LogP contribution in [-0.4, -0.2) is 56.5 Å². The van der Waals surface area contributed by atoms with E-state index in [4.69, 9.17) is 33.3 Å². The second-order valence-corrected chi connectivity index (χ2v) is 5.50. The molecule has 1 aromatic rings. The molecule has 1 aliphatic heterocycles. The van der Waals surface area contributed by atoms with Gasteiger partial charge < -0.3 is 20.1 Å². The number of hydrogen-bond acceptors (Lipinski definition) is 4. The molecule has 0 spiro atoms. The van der Waals surface area contributed by atoms with Gasteiger partial charge in [-0.15, -0.1) is 0 Å². The van der Waals surface area contributed by atoms with Crippen LogP contribution in [0.5, 0.6) is 5.75 Å². The third kappa shape index (κ3) is 5.32. The Bertz CT molecular complexity index is 481. The highest BCUT2D eigenvalue weighted by Crippen LogP contribution is 2.27. The van der Waals surface area contributed by atoms with Crippen LogP contribution in [0.3, 0.4) is 0 Å². The van der Waals surface area contributed by atoms with Crippen LogP contribution in [0.1, 0.15) is 0 Å². The van der Waals surface area contributed by atoms with E-state index >= 15 is 0 Å². The molecular formula is C14H20ClN3O2S. The highest BCUT2D eigenvalue weighted by atomic mass is 35.5. The van der Waals surface area contributed by atoms with Gasteiger partial charge in [-0.05, 0) is 24.4 Å². The van der Waals surface area contributed by atoms with E-state index in [0.717, 1.165) is 45.1 Å². The summed E-state index contributed by atoms with van der Waals surface area (Å²) in [6, 6.07) is 5.46. The van der Waals surface area contributed by atoms with E-state index in [0.29, 0.717) is 15.9 Å². The number of ether oxygens (including phenoxy) is 2. The average molecular weight is 330 g/mol. The van der Waals surface area contributed by atoms with Gasteiger partial charge in [-0.2, -0.15) is 0 Å². The second kappa shape index (κ2) is 8.38. The fraction of sp³-hybridized carbons (Fsp3) is 0.500. The number of rotatable bonds is 5. The van der Waals surface area contributed by atoms with E-state index < -0.39 is 0 Å².